The Labute approximate surface area is 125 Å². The Bertz CT molecular complexity index is 485. The van der Waals surface area contributed by atoms with Gasteiger partial charge in [0.1, 0.15) is 11.8 Å². The fourth-order valence-corrected chi connectivity index (χ4v) is 2.01. The first-order valence-corrected chi connectivity index (χ1v) is 7.16. The number of amides is 1. The second-order valence-electron chi connectivity index (χ2n) is 5.34. The summed E-state index contributed by atoms with van der Waals surface area (Å²) in [7, 11) is 0. The highest BCUT2D eigenvalue weighted by atomic mass is 16.5. The van der Waals surface area contributed by atoms with Crippen molar-refractivity contribution in [3.05, 3.63) is 29.8 Å². The van der Waals surface area contributed by atoms with Crippen LogP contribution in [0, 0.1) is 5.92 Å². The van der Waals surface area contributed by atoms with Crippen LogP contribution in [0.4, 0.5) is 0 Å². The van der Waals surface area contributed by atoms with E-state index in [1.165, 1.54) is 0 Å². The van der Waals surface area contributed by atoms with Crippen LogP contribution < -0.4 is 10.1 Å². The highest BCUT2D eigenvalue weighted by Gasteiger charge is 2.21. The minimum Gasteiger partial charge on any atom is -0.483 e. The average Bonchev–Trinajstić information content (AvgIpc) is 2.44. The van der Waals surface area contributed by atoms with Gasteiger partial charge >= 0.3 is 5.97 Å². The summed E-state index contributed by atoms with van der Waals surface area (Å²) in [6.07, 6.45) is 1.20. The van der Waals surface area contributed by atoms with Crippen molar-refractivity contribution in [3.8, 4) is 5.75 Å². The highest BCUT2D eigenvalue weighted by molar-refractivity contribution is 5.84. The average molecular weight is 293 g/mol. The van der Waals surface area contributed by atoms with Gasteiger partial charge in [-0.2, -0.15) is 0 Å². The first kappa shape index (κ1) is 17.0. The molecule has 1 amide bonds. The van der Waals surface area contributed by atoms with Gasteiger partial charge in [0.25, 0.3) is 5.91 Å². The van der Waals surface area contributed by atoms with Gasteiger partial charge in [-0.25, -0.2) is 4.79 Å². The third-order valence-corrected chi connectivity index (χ3v) is 3.05. The number of aliphatic carboxylic acids is 1. The molecule has 2 N–H and O–H groups in total. The summed E-state index contributed by atoms with van der Waals surface area (Å²) in [6, 6.07) is 6.61. The Balaban J connectivity index is 2.54. The van der Waals surface area contributed by atoms with Crippen LogP contribution in [0.15, 0.2) is 24.3 Å². The molecule has 0 aromatic heterocycles. The second-order valence-corrected chi connectivity index (χ2v) is 5.34. The van der Waals surface area contributed by atoms with E-state index < -0.39 is 17.9 Å². The summed E-state index contributed by atoms with van der Waals surface area (Å²) in [5.74, 6) is -0.598. The minimum absolute atomic E-state index is 0.182. The standard InChI is InChI=1S/C16H23NO4/c1-4-12-7-5-6-8-14(12)21-10-15(18)17-13(16(19)20)9-11(2)3/h5-8,11,13H,4,9-10H2,1-3H3,(H,17,18)(H,19,20)/t13-/m0/s1. The molecular weight excluding hydrogens is 270 g/mol. The molecular formula is C16H23NO4. The van der Waals surface area contributed by atoms with E-state index in [0.29, 0.717) is 12.2 Å². The Morgan fingerprint density at radius 2 is 1.95 bits per heavy atom. The maximum Gasteiger partial charge on any atom is 0.326 e. The third kappa shape index (κ3) is 5.85. The van der Waals surface area contributed by atoms with Crippen LogP contribution in [0.3, 0.4) is 0 Å². The van der Waals surface area contributed by atoms with Crippen LogP contribution in [0.2, 0.25) is 0 Å². The molecule has 0 saturated carbocycles. The molecule has 21 heavy (non-hydrogen) atoms. The van der Waals surface area contributed by atoms with E-state index in [1.807, 2.05) is 39.0 Å². The normalized spacial score (nSPS) is 12.0. The maximum absolute atomic E-state index is 11.8. The number of hydrogen-bond donors (Lipinski definition) is 2. The van der Waals surface area contributed by atoms with Gasteiger partial charge in [-0.1, -0.05) is 39.0 Å². The molecule has 116 valence electrons. The quantitative estimate of drug-likeness (QED) is 0.770. The number of carbonyl (C=O) groups is 2. The van der Waals surface area contributed by atoms with E-state index in [2.05, 4.69) is 5.32 Å². The smallest absolute Gasteiger partial charge is 0.326 e. The largest absolute Gasteiger partial charge is 0.483 e. The van der Waals surface area contributed by atoms with Gasteiger partial charge in [0.05, 0.1) is 0 Å². The molecule has 0 fully saturated rings. The Morgan fingerprint density at radius 3 is 2.52 bits per heavy atom. The second kappa shape index (κ2) is 8.29. The Hall–Kier alpha value is -2.04. The van der Waals surface area contributed by atoms with Crippen molar-refractivity contribution < 1.29 is 19.4 Å². The number of rotatable bonds is 8. The summed E-state index contributed by atoms with van der Waals surface area (Å²) in [4.78, 5) is 22.9. The minimum atomic E-state index is -1.02. The summed E-state index contributed by atoms with van der Waals surface area (Å²) >= 11 is 0. The third-order valence-electron chi connectivity index (χ3n) is 3.05. The number of nitrogens with one attached hydrogen (secondary N) is 1. The molecule has 1 rings (SSSR count). The molecule has 1 aromatic carbocycles. The van der Waals surface area contributed by atoms with Crippen molar-refractivity contribution in [2.75, 3.05) is 6.61 Å². The van der Waals surface area contributed by atoms with Gasteiger partial charge in [-0.3, -0.25) is 4.79 Å². The molecule has 0 spiro atoms. The van der Waals surface area contributed by atoms with Gasteiger partial charge < -0.3 is 15.2 Å². The summed E-state index contributed by atoms with van der Waals surface area (Å²) in [6.45, 7) is 5.65. The zero-order chi connectivity index (χ0) is 15.8. The fraction of sp³-hybridized carbons (Fsp3) is 0.500. The number of para-hydroxylation sites is 1. The number of carbonyl (C=O) groups excluding carboxylic acids is 1. The lowest BCUT2D eigenvalue weighted by atomic mass is 10.0. The highest BCUT2D eigenvalue weighted by Crippen LogP contribution is 2.18. The van der Waals surface area contributed by atoms with E-state index in [0.717, 1.165) is 12.0 Å². The van der Waals surface area contributed by atoms with E-state index >= 15 is 0 Å². The van der Waals surface area contributed by atoms with E-state index in [-0.39, 0.29) is 12.5 Å². The molecule has 0 aliphatic rings. The van der Waals surface area contributed by atoms with Crippen LogP contribution in [0.25, 0.3) is 0 Å². The molecule has 0 heterocycles. The molecule has 0 saturated heterocycles. The van der Waals surface area contributed by atoms with Gasteiger partial charge in [-0.05, 0) is 30.4 Å². The van der Waals surface area contributed by atoms with Crippen molar-refractivity contribution in [3.63, 3.8) is 0 Å². The molecule has 1 aromatic rings. The van der Waals surface area contributed by atoms with Crippen LogP contribution in [0.5, 0.6) is 5.75 Å². The lowest BCUT2D eigenvalue weighted by molar-refractivity contribution is -0.142. The predicted molar refractivity (Wildman–Crippen MR) is 80.3 cm³/mol. The Kier molecular flexibility index (Phi) is 6.72. The summed E-state index contributed by atoms with van der Waals surface area (Å²) < 4.78 is 5.47. The molecule has 0 bridgehead atoms. The summed E-state index contributed by atoms with van der Waals surface area (Å²) in [5, 5.41) is 11.6. The van der Waals surface area contributed by atoms with Crippen molar-refractivity contribution in [1.82, 2.24) is 5.32 Å². The van der Waals surface area contributed by atoms with E-state index in [9.17, 15) is 9.59 Å². The fourth-order valence-electron chi connectivity index (χ4n) is 2.01. The number of ether oxygens (including phenoxy) is 1. The lowest BCUT2D eigenvalue weighted by Gasteiger charge is -2.17. The van der Waals surface area contributed by atoms with Crippen molar-refractivity contribution in [2.24, 2.45) is 5.92 Å². The maximum atomic E-state index is 11.8. The molecule has 0 radical (unpaired) electrons. The van der Waals surface area contributed by atoms with Crippen molar-refractivity contribution in [1.29, 1.82) is 0 Å². The Morgan fingerprint density at radius 1 is 1.29 bits per heavy atom. The van der Waals surface area contributed by atoms with Crippen molar-refractivity contribution in [2.45, 2.75) is 39.7 Å². The van der Waals surface area contributed by atoms with Crippen molar-refractivity contribution >= 4 is 11.9 Å². The van der Waals surface area contributed by atoms with Gasteiger partial charge in [0.2, 0.25) is 0 Å². The van der Waals surface area contributed by atoms with Gasteiger partial charge in [0.15, 0.2) is 6.61 Å². The van der Waals surface area contributed by atoms with E-state index in [1.54, 1.807) is 6.07 Å². The predicted octanol–water partition coefficient (Wildman–Crippen LogP) is 2.24. The molecule has 1 atom stereocenters. The molecule has 5 nitrogen and oxygen atoms in total. The first-order chi connectivity index (χ1) is 9.93. The number of carboxylic acid groups (broad SMARTS) is 1. The monoisotopic (exact) mass is 293 g/mol. The zero-order valence-corrected chi connectivity index (χ0v) is 12.8. The van der Waals surface area contributed by atoms with E-state index in [4.69, 9.17) is 9.84 Å². The van der Waals surface area contributed by atoms with Crippen LogP contribution in [-0.2, 0) is 16.0 Å². The van der Waals surface area contributed by atoms with Crippen LogP contribution in [0.1, 0.15) is 32.8 Å². The van der Waals surface area contributed by atoms with Crippen LogP contribution >= 0.6 is 0 Å². The first-order valence-electron chi connectivity index (χ1n) is 7.16. The number of benzene rings is 1. The van der Waals surface area contributed by atoms with Crippen LogP contribution in [-0.4, -0.2) is 29.6 Å². The van der Waals surface area contributed by atoms with Gasteiger partial charge in [-0.15, -0.1) is 0 Å². The number of carboxylic acids is 1. The SMILES string of the molecule is CCc1ccccc1OCC(=O)N[C@@H](CC(C)C)C(=O)O. The molecule has 0 aliphatic heterocycles. The van der Waals surface area contributed by atoms with Gasteiger partial charge in [0, 0.05) is 0 Å². The number of hydrogen-bond acceptors (Lipinski definition) is 3. The zero-order valence-electron chi connectivity index (χ0n) is 12.8. The summed E-state index contributed by atoms with van der Waals surface area (Å²) in [5.41, 5.74) is 1.02. The lowest BCUT2D eigenvalue weighted by Crippen LogP contribution is -2.43. The molecule has 0 aliphatic carbocycles. The molecule has 5 heteroatoms. The topological polar surface area (TPSA) is 75.6 Å². The molecule has 0 unspecified atom stereocenters. The number of aryl methyl sites for hydroxylation is 1.